The van der Waals surface area contributed by atoms with Gasteiger partial charge in [0.25, 0.3) is 0 Å². The van der Waals surface area contributed by atoms with E-state index >= 15 is 0 Å². The maximum absolute atomic E-state index is 13.6. The van der Waals surface area contributed by atoms with Crippen LogP contribution in [0.3, 0.4) is 0 Å². The average Bonchev–Trinajstić information content (AvgIpc) is 2.94. The molecule has 1 aliphatic rings. The lowest BCUT2D eigenvalue weighted by Gasteiger charge is -2.28. The van der Waals surface area contributed by atoms with Gasteiger partial charge in [0, 0.05) is 18.2 Å². The van der Waals surface area contributed by atoms with Gasteiger partial charge in [0.15, 0.2) is 0 Å². The zero-order chi connectivity index (χ0) is 14.5. The Morgan fingerprint density at radius 2 is 1.85 bits per heavy atom. The number of amides is 1. The Morgan fingerprint density at radius 3 is 2.40 bits per heavy atom. The highest BCUT2D eigenvalue weighted by Gasteiger charge is 2.27. The highest BCUT2D eigenvalue weighted by Crippen LogP contribution is 2.24. The second-order valence-corrected chi connectivity index (χ2v) is 5.13. The minimum Gasteiger partial charge on any atom is -0.395 e. The molecule has 5 heteroatoms. The van der Waals surface area contributed by atoms with E-state index in [1.807, 2.05) is 0 Å². The molecule has 1 amide bonds. The van der Waals surface area contributed by atoms with Gasteiger partial charge in [-0.3, -0.25) is 4.79 Å². The summed E-state index contributed by atoms with van der Waals surface area (Å²) in [6, 6.07) is 3.67. The Balaban J connectivity index is 2.11. The fourth-order valence-electron chi connectivity index (χ4n) is 2.79. The van der Waals surface area contributed by atoms with E-state index in [4.69, 9.17) is 5.11 Å². The molecule has 0 aromatic heterocycles. The molecule has 110 valence electrons. The second-order valence-electron chi connectivity index (χ2n) is 5.13. The molecule has 1 N–H and O–H groups in total. The van der Waals surface area contributed by atoms with Gasteiger partial charge in [0.2, 0.25) is 5.91 Å². The SMILES string of the molecule is O=C(Cc1c(F)cccc1F)N(CCO)C1CCCC1. The lowest BCUT2D eigenvalue weighted by atomic mass is 10.1. The third-order valence-corrected chi connectivity index (χ3v) is 3.82. The number of halogens is 2. The average molecular weight is 283 g/mol. The van der Waals surface area contributed by atoms with Gasteiger partial charge in [0.1, 0.15) is 11.6 Å². The first-order valence-electron chi connectivity index (χ1n) is 6.96. The molecule has 1 aliphatic carbocycles. The molecule has 3 nitrogen and oxygen atoms in total. The van der Waals surface area contributed by atoms with E-state index in [1.54, 1.807) is 4.90 Å². The summed E-state index contributed by atoms with van der Waals surface area (Å²) in [5.41, 5.74) is -0.196. The molecule has 20 heavy (non-hydrogen) atoms. The van der Waals surface area contributed by atoms with Gasteiger partial charge in [-0.25, -0.2) is 8.78 Å². The highest BCUT2D eigenvalue weighted by molar-refractivity contribution is 5.79. The van der Waals surface area contributed by atoms with Gasteiger partial charge in [-0.05, 0) is 25.0 Å². The molecule has 0 heterocycles. The molecule has 1 fully saturated rings. The van der Waals surface area contributed by atoms with Crippen molar-refractivity contribution in [1.29, 1.82) is 0 Å². The van der Waals surface area contributed by atoms with Crippen LogP contribution in [0.15, 0.2) is 18.2 Å². The maximum Gasteiger partial charge on any atom is 0.227 e. The molecule has 0 spiro atoms. The molecule has 1 aromatic carbocycles. The minimum absolute atomic E-state index is 0.0875. The molecular formula is C15H19F2NO2. The van der Waals surface area contributed by atoms with Crippen LogP contribution >= 0.6 is 0 Å². The lowest BCUT2D eigenvalue weighted by molar-refractivity contribution is -0.133. The van der Waals surface area contributed by atoms with Crippen LogP contribution in [0.25, 0.3) is 0 Å². The predicted molar refractivity (Wildman–Crippen MR) is 71.1 cm³/mol. The number of carbonyl (C=O) groups excluding carboxylic acids is 1. The molecule has 0 atom stereocenters. The summed E-state index contributed by atoms with van der Waals surface area (Å²) in [6.07, 6.45) is 3.59. The first-order chi connectivity index (χ1) is 9.63. The van der Waals surface area contributed by atoms with Gasteiger partial charge in [0.05, 0.1) is 13.0 Å². The molecule has 1 aromatic rings. The van der Waals surface area contributed by atoms with Gasteiger partial charge < -0.3 is 10.0 Å². The van der Waals surface area contributed by atoms with Crippen LogP contribution in [0.1, 0.15) is 31.2 Å². The third kappa shape index (κ3) is 3.33. The summed E-state index contributed by atoms with van der Waals surface area (Å²) >= 11 is 0. The number of benzene rings is 1. The van der Waals surface area contributed by atoms with Crippen molar-refractivity contribution in [2.75, 3.05) is 13.2 Å². The monoisotopic (exact) mass is 283 g/mol. The number of hydrogen-bond donors (Lipinski definition) is 1. The summed E-state index contributed by atoms with van der Waals surface area (Å²) < 4.78 is 27.2. The summed E-state index contributed by atoms with van der Waals surface area (Å²) in [7, 11) is 0. The zero-order valence-corrected chi connectivity index (χ0v) is 11.3. The summed E-state index contributed by atoms with van der Waals surface area (Å²) in [6.45, 7) is 0.0849. The van der Waals surface area contributed by atoms with Gasteiger partial charge >= 0.3 is 0 Å². The number of rotatable bonds is 5. The standard InChI is InChI=1S/C15H19F2NO2/c16-13-6-3-7-14(17)12(13)10-15(20)18(8-9-19)11-4-1-2-5-11/h3,6-7,11,19H,1-2,4-5,8-10H2. The van der Waals surface area contributed by atoms with Crippen molar-refractivity contribution in [2.24, 2.45) is 0 Å². The fourth-order valence-corrected chi connectivity index (χ4v) is 2.79. The predicted octanol–water partition coefficient (Wildman–Crippen LogP) is 2.27. The number of hydrogen-bond acceptors (Lipinski definition) is 2. The van der Waals surface area contributed by atoms with Crippen LogP contribution in [0.4, 0.5) is 8.78 Å². The Kier molecular flexibility index (Phi) is 5.06. The quantitative estimate of drug-likeness (QED) is 0.900. The van der Waals surface area contributed by atoms with Crippen LogP contribution in [0.5, 0.6) is 0 Å². The Hall–Kier alpha value is -1.49. The van der Waals surface area contributed by atoms with Gasteiger partial charge in [-0.1, -0.05) is 18.9 Å². The van der Waals surface area contributed by atoms with Crippen LogP contribution < -0.4 is 0 Å². The third-order valence-electron chi connectivity index (χ3n) is 3.82. The fraction of sp³-hybridized carbons (Fsp3) is 0.533. The van der Waals surface area contributed by atoms with Crippen molar-refractivity contribution in [3.63, 3.8) is 0 Å². The minimum atomic E-state index is -0.700. The Morgan fingerprint density at radius 1 is 1.25 bits per heavy atom. The molecular weight excluding hydrogens is 264 g/mol. The van der Waals surface area contributed by atoms with Crippen molar-refractivity contribution in [3.05, 3.63) is 35.4 Å². The Bertz CT molecular complexity index is 453. The Labute approximate surface area is 117 Å². The molecule has 0 unspecified atom stereocenters. The van der Waals surface area contributed by atoms with Crippen molar-refractivity contribution >= 4 is 5.91 Å². The summed E-state index contributed by atoms with van der Waals surface area (Å²) in [5, 5.41) is 9.08. The van der Waals surface area contributed by atoms with Crippen LogP contribution in [0.2, 0.25) is 0 Å². The van der Waals surface area contributed by atoms with Crippen LogP contribution in [0, 0.1) is 11.6 Å². The number of aliphatic hydroxyl groups is 1. The first-order valence-corrected chi connectivity index (χ1v) is 6.96. The maximum atomic E-state index is 13.6. The lowest BCUT2D eigenvalue weighted by Crippen LogP contribution is -2.41. The van der Waals surface area contributed by atoms with E-state index in [1.165, 1.54) is 6.07 Å². The number of aliphatic hydroxyl groups excluding tert-OH is 1. The van der Waals surface area contributed by atoms with Gasteiger partial charge in [-0.15, -0.1) is 0 Å². The molecule has 0 bridgehead atoms. The molecule has 0 radical (unpaired) electrons. The largest absolute Gasteiger partial charge is 0.395 e. The summed E-state index contributed by atoms with van der Waals surface area (Å²) in [5.74, 6) is -1.72. The molecule has 1 saturated carbocycles. The van der Waals surface area contributed by atoms with Crippen LogP contribution in [-0.2, 0) is 11.2 Å². The van der Waals surface area contributed by atoms with E-state index in [-0.39, 0.29) is 37.1 Å². The molecule has 0 aliphatic heterocycles. The highest BCUT2D eigenvalue weighted by atomic mass is 19.1. The van der Waals surface area contributed by atoms with E-state index in [9.17, 15) is 13.6 Å². The van der Waals surface area contributed by atoms with Crippen LogP contribution in [-0.4, -0.2) is 35.1 Å². The summed E-state index contributed by atoms with van der Waals surface area (Å²) in [4.78, 5) is 13.8. The number of carbonyl (C=O) groups is 1. The van der Waals surface area contributed by atoms with E-state index in [2.05, 4.69) is 0 Å². The normalized spacial score (nSPS) is 15.6. The van der Waals surface area contributed by atoms with Crippen molar-refractivity contribution in [3.8, 4) is 0 Å². The van der Waals surface area contributed by atoms with E-state index < -0.39 is 11.6 Å². The second kappa shape index (κ2) is 6.79. The smallest absolute Gasteiger partial charge is 0.227 e. The topological polar surface area (TPSA) is 40.5 Å². The van der Waals surface area contributed by atoms with Crippen molar-refractivity contribution < 1.29 is 18.7 Å². The van der Waals surface area contributed by atoms with Crippen molar-refractivity contribution in [1.82, 2.24) is 4.90 Å². The van der Waals surface area contributed by atoms with Crippen molar-refractivity contribution in [2.45, 2.75) is 38.1 Å². The van der Waals surface area contributed by atoms with E-state index in [0.29, 0.717) is 0 Å². The molecule has 2 rings (SSSR count). The first kappa shape index (κ1) is 14.9. The number of nitrogens with zero attached hydrogens (tertiary/aromatic N) is 1. The van der Waals surface area contributed by atoms with Gasteiger partial charge in [-0.2, -0.15) is 0 Å². The van der Waals surface area contributed by atoms with E-state index in [0.717, 1.165) is 37.8 Å². The zero-order valence-electron chi connectivity index (χ0n) is 11.3. The molecule has 0 saturated heterocycles.